The minimum atomic E-state index is -0.117. The molecule has 1 atom stereocenters. The van der Waals surface area contributed by atoms with Crippen LogP contribution in [-0.4, -0.2) is 39.5 Å². The highest BCUT2D eigenvalue weighted by Gasteiger charge is 2.32. The number of aryl methyl sites for hydroxylation is 1. The van der Waals surface area contributed by atoms with E-state index in [0.717, 1.165) is 31.0 Å². The minimum Gasteiger partial charge on any atom is -0.337 e. The number of amides is 1. The van der Waals surface area contributed by atoms with Gasteiger partial charge in [0.1, 0.15) is 0 Å². The first-order valence-corrected chi connectivity index (χ1v) is 7.22. The summed E-state index contributed by atoms with van der Waals surface area (Å²) in [5.41, 5.74) is 2.11. The Hall–Kier alpha value is -2.14. The van der Waals surface area contributed by atoms with E-state index < -0.39 is 0 Å². The summed E-state index contributed by atoms with van der Waals surface area (Å²) in [7, 11) is 1.98. The van der Waals surface area contributed by atoms with Gasteiger partial charge in [0.05, 0.1) is 18.1 Å². The van der Waals surface area contributed by atoms with E-state index in [4.69, 9.17) is 0 Å². The Morgan fingerprint density at radius 1 is 1.24 bits per heavy atom. The molecular formula is C16H20N4O. The molecule has 3 rings (SSSR count). The topological polar surface area (TPSA) is 41.4 Å². The van der Waals surface area contributed by atoms with Crippen LogP contribution in [0, 0.1) is 0 Å². The van der Waals surface area contributed by atoms with Crippen LogP contribution in [0.25, 0.3) is 0 Å². The second-order valence-corrected chi connectivity index (χ2v) is 5.47. The van der Waals surface area contributed by atoms with Crippen molar-refractivity contribution in [2.45, 2.75) is 19.5 Å². The highest BCUT2D eigenvalue weighted by Crippen LogP contribution is 2.21. The minimum absolute atomic E-state index is 0.117. The number of carbonyl (C=O) groups excluding carboxylic acids is 1. The predicted octanol–water partition coefficient (Wildman–Crippen LogP) is 1.66. The summed E-state index contributed by atoms with van der Waals surface area (Å²) in [5.74, 6) is 0.162. The van der Waals surface area contributed by atoms with Crippen LogP contribution in [0.5, 0.6) is 0 Å². The highest BCUT2D eigenvalue weighted by molar-refractivity contribution is 5.97. The molecule has 1 aliphatic heterocycles. The van der Waals surface area contributed by atoms with Gasteiger partial charge in [-0.3, -0.25) is 9.69 Å². The summed E-state index contributed by atoms with van der Waals surface area (Å²) in [6.07, 6.45) is 3.66. The number of benzene rings is 1. The number of nitrogens with zero attached hydrogens (tertiary/aromatic N) is 4. The quantitative estimate of drug-likeness (QED) is 0.860. The predicted molar refractivity (Wildman–Crippen MR) is 81.9 cm³/mol. The number of hydrogen-bond acceptors (Lipinski definition) is 3. The van der Waals surface area contributed by atoms with Gasteiger partial charge in [-0.2, -0.15) is 0 Å². The van der Waals surface area contributed by atoms with Gasteiger partial charge in [0.15, 0.2) is 0 Å². The van der Waals surface area contributed by atoms with E-state index in [9.17, 15) is 4.79 Å². The zero-order chi connectivity index (χ0) is 14.8. The first kappa shape index (κ1) is 13.8. The zero-order valence-electron chi connectivity index (χ0n) is 12.4. The van der Waals surface area contributed by atoms with E-state index in [2.05, 4.69) is 9.88 Å². The van der Waals surface area contributed by atoms with Gasteiger partial charge in [-0.25, -0.2) is 4.98 Å². The van der Waals surface area contributed by atoms with Crippen LogP contribution >= 0.6 is 0 Å². The molecule has 5 nitrogen and oxygen atoms in total. The lowest BCUT2D eigenvalue weighted by atomic mass is 10.1. The van der Waals surface area contributed by atoms with Gasteiger partial charge in [-0.1, -0.05) is 18.2 Å². The zero-order valence-corrected chi connectivity index (χ0v) is 12.4. The molecule has 2 heterocycles. The Kier molecular flexibility index (Phi) is 3.75. The third kappa shape index (κ3) is 2.69. The fourth-order valence-corrected chi connectivity index (χ4v) is 2.74. The number of rotatable bonds is 3. The summed E-state index contributed by atoms with van der Waals surface area (Å²) in [4.78, 5) is 20.8. The maximum absolute atomic E-state index is 12.6. The molecule has 1 saturated heterocycles. The monoisotopic (exact) mass is 284 g/mol. The van der Waals surface area contributed by atoms with Crippen LogP contribution in [-0.2, 0) is 18.4 Å². The number of anilines is 1. The van der Waals surface area contributed by atoms with Crippen LogP contribution in [0.2, 0.25) is 0 Å². The van der Waals surface area contributed by atoms with Crippen molar-refractivity contribution >= 4 is 11.6 Å². The summed E-state index contributed by atoms with van der Waals surface area (Å²) < 4.78 is 2.00. The third-order valence-corrected chi connectivity index (χ3v) is 4.13. The van der Waals surface area contributed by atoms with Crippen molar-refractivity contribution in [3.63, 3.8) is 0 Å². The maximum Gasteiger partial charge on any atom is 0.244 e. The van der Waals surface area contributed by atoms with Gasteiger partial charge in [0.2, 0.25) is 5.91 Å². The highest BCUT2D eigenvalue weighted by atomic mass is 16.2. The SMILES string of the molecule is CC1C(=O)N(c2ccccc2)CCN1Cc1cncn1C. The Labute approximate surface area is 124 Å². The fraction of sp³-hybridized carbons (Fsp3) is 0.375. The third-order valence-electron chi connectivity index (χ3n) is 4.13. The summed E-state index contributed by atoms with van der Waals surface area (Å²) >= 11 is 0. The Balaban J connectivity index is 1.73. The van der Waals surface area contributed by atoms with E-state index in [-0.39, 0.29) is 11.9 Å². The molecule has 1 aliphatic rings. The van der Waals surface area contributed by atoms with Crippen LogP contribution in [0.15, 0.2) is 42.9 Å². The molecule has 1 aromatic heterocycles. The van der Waals surface area contributed by atoms with Gasteiger partial charge in [0, 0.05) is 38.6 Å². The number of hydrogen-bond donors (Lipinski definition) is 0. The summed E-state index contributed by atoms with van der Waals surface area (Å²) in [6, 6.07) is 9.76. The number of imidazole rings is 1. The van der Waals surface area contributed by atoms with Crippen LogP contribution in [0.4, 0.5) is 5.69 Å². The molecule has 0 aliphatic carbocycles. The average Bonchev–Trinajstić information content (AvgIpc) is 2.90. The lowest BCUT2D eigenvalue weighted by Crippen LogP contribution is -2.55. The molecule has 1 aromatic carbocycles. The average molecular weight is 284 g/mol. The van der Waals surface area contributed by atoms with E-state index >= 15 is 0 Å². The Bertz CT molecular complexity index is 622. The fourth-order valence-electron chi connectivity index (χ4n) is 2.74. The summed E-state index contributed by atoms with van der Waals surface area (Å²) in [6.45, 7) is 4.33. The van der Waals surface area contributed by atoms with Gasteiger partial charge in [-0.15, -0.1) is 0 Å². The second-order valence-electron chi connectivity index (χ2n) is 5.47. The molecule has 21 heavy (non-hydrogen) atoms. The Morgan fingerprint density at radius 3 is 2.67 bits per heavy atom. The lowest BCUT2D eigenvalue weighted by molar-refractivity contribution is -0.125. The van der Waals surface area contributed by atoms with Crippen molar-refractivity contribution in [1.82, 2.24) is 14.5 Å². The molecule has 0 bridgehead atoms. The van der Waals surface area contributed by atoms with Crippen molar-refractivity contribution in [3.05, 3.63) is 48.5 Å². The first-order valence-electron chi connectivity index (χ1n) is 7.22. The van der Waals surface area contributed by atoms with Gasteiger partial charge >= 0.3 is 0 Å². The molecule has 0 radical (unpaired) electrons. The number of piperazine rings is 1. The normalized spacial score (nSPS) is 20.0. The molecule has 1 fully saturated rings. The van der Waals surface area contributed by atoms with E-state index in [0.29, 0.717) is 0 Å². The van der Waals surface area contributed by atoms with Crippen molar-refractivity contribution in [1.29, 1.82) is 0 Å². The van der Waals surface area contributed by atoms with E-state index in [1.807, 2.05) is 60.0 Å². The van der Waals surface area contributed by atoms with Crippen LogP contribution in [0.3, 0.4) is 0 Å². The van der Waals surface area contributed by atoms with E-state index in [1.165, 1.54) is 0 Å². The largest absolute Gasteiger partial charge is 0.337 e. The molecule has 0 spiro atoms. The van der Waals surface area contributed by atoms with Gasteiger partial charge in [-0.05, 0) is 19.1 Å². The van der Waals surface area contributed by atoms with Gasteiger partial charge < -0.3 is 9.47 Å². The van der Waals surface area contributed by atoms with Gasteiger partial charge in [0.25, 0.3) is 0 Å². The Morgan fingerprint density at radius 2 is 2.00 bits per heavy atom. The van der Waals surface area contributed by atoms with Crippen molar-refractivity contribution in [3.8, 4) is 0 Å². The molecule has 5 heteroatoms. The van der Waals surface area contributed by atoms with Crippen molar-refractivity contribution < 1.29 is 4.79 Å². The van der Waals surface area contributed by atoms with E-state index in [1.54, 1.807) is 6.33 Å². The smallest absolute Gasteiger partial charge is 0.244 e. The molecule has 2 aromatic rings. The molecule has 0 saturated carbocycles. The van der Waals surface area contributed by atoms with Crippen LogP contribution in [0.1, 0.15) is 12.6 Å². The molecule has 0 N–H and O–H groups in total. The molecule has 1 amide bonds. The maximum atomic E-state index is 12.6. The molecule has 110 valence electrons. The van der Waals surface area contributed by atoms with Crippen LogP contribution < -0.4 is 4.90 Å². The summed E-state index contributed by atoms with van der Waals surface area (Å²) in [5, 5.41) is 0. The second kappa shape index (κ2) is 5.69. The first-order chi connectivity index (χ1) is 10.2. The standard InChI is InChI=1S/C16H20N4O/c1-13-16(21)20(14-6-4-3-5-7-14)9-8-19(13)11-15-10-17-12-18(15)2/h3-7,10,12-13H,8-9,11H2,1-2H3. The number of para-hydroxylation sites is 1. The molecular weight excluding hydrogens is 264 g/mol. The molecule has 1 unspecified atom stereocenters. The lowest BCUT2D eigenvalue weighted by Gasteiger charge is -2.39. The van der Waals surface area contributed by atoms with Crippen molar-refractivity contribution in [2.75, 3.05) is 18.0 Å². The number of carbonyl (C=O) groups is 1. The van der Waals surface area contributed by atoms with Crippen molar-refractivity contribution in [2.24, 2.45) is 7.05 Å². The number of aromatic nitrogens is 2.